The largest absolute Gasteiger partial charge is 0.496 e. The van der Waals surface area contributed by atoms with Crippen LogP contribution in [-0.2, 0) is 4.79 Å². The number of carboxylic acid groups (broad SMARTS) is 1. The Morgan fingerprint density at radius 3 is 2.50 bits per heavy atom. The van der Waals surface area contributed by atoms with Crippen molar-refractivity contribution in [2.45, 2.75) is 44.9 Å². The molecule has 0 amide bonds. The number of hydrogen-bond acceptors (Lipinski definition) is 2. The lowest BCUT2D eigenvalue weighted by molar-refractivity contribution is -0.137. The second-order valence-electron chi connectivity index (χ2n) is 5.81. The maximum Gasteiger partial charge on any atom is 0.303 e. The van der Waals surface area contributed by atoms with Crippen LogP contribution in [0.3, 0.4) is 0 Å². The Morgan fingerprint density at radius 2 is 2.05 bits per heavy atom. The Kier molecular flexibility index (Phi) is 4.31. The van der Waals surface area contributed by atoms with Gasteiger partial charge in [0.05, 0.1) is 13.5 Å². The van der Waals surface area contributed by atoms with Crippen molar-refractivity contribution in [3.63, 3.8) is 0 Å². The summed E-state index contributed by atoms with van der Waals surface area (Å²) in [4.78, 5) is 11.1. The molecule has 0 bridgehead atoms. The molecule has 1 aromatic rings. The Labute approximate surface area is 118 Å². The van der Waals surface area contributed by atoms with Gasteiger partial charge in [-0.3, -0.25) is 4.79 Å². The molecule has 1 N–H and O–H groups in total. The topological polar surface area (TPSA) is 46.5 Å². The van der Waals surface area contributed by atoms with Crippen LogP contribution in [0.2, 0.25) is 0 Å². The highest BCUT2D eigenvalue weighted by molar-refractivity contribution is 5.68. The molecule has 2 rings (SSSR count). The zero-order chi connectivity index (χ0) is 14.9. The fourth-order valence-electron chi connectivity index (χ4n) is 2.72. The van der Waals surface area contributed by atoms with Crippen molar-refractivity contribution in [3.8, 4) is 5.75 Å². The van der Waals surface area contributed by atoms with Crippen LogP contribution in [0.25, 0.3) is 0 Å². The number of ether oxygens (including phenoxy) is 1. The lowest BCUT2D eigenvalue weighted by atomic mass is 9.87. The van der Waals surface area contributed by atoms with Gasteiger partial charge < -0.3 is 9.84 Å². The average molecular weight is 280 g/mol. The van der Waals surface area contributed by atoms with Crippen LogP contribution >= 0.6 is 0 Å². The van der Waals surface area contributed by atoms with E-state index < -0.39 is 5.97 Å². The molecule has 0 heterocycles. The Hall–Kier alpha value is -1.58. The number of methoxy groups -OCH3 is 1. The fourth-order valence-corrected chi connectivity index (χ4v) is 2.72. The van der Waals surface area contributed by atoms with Crippen molar-refractivity contribution in [2.75, 3.05) is 7.11 Å². The monoisotopic (exact) mass is 280 g/mol. The highest BCUT2D eigenvalue weighted by Crippen LogP contribution is 2.47. The summed E-state index contributed by atoms with van der Waals surface area (Å²) in [5, 5.41) is 9.10. The third-order valence-corrected chi connectivity index (χ3v) is 3.96. The molecule has 1 aliphatic carbocycles. The average Bonchev–Trinajstić information content (AvgIpc) is 3.19. The number of benzene rings is 1. The van der Waals surface area contributed by atoms with Gasteiger partial charge in [-0.25, -0.2) is 4.39 Å². The van der Waals surface area contributed by atoms with Gasteiger partial charge in [-0.1, -0.05) is 13.8 Å². The van der Waals surface area contributed by atoms with Gasteiger partial charge in [0.25, 0.3) is 0 Å². The first-order valence-electron chi connectivity index (χ1n) is 7.03. The van der Waals surface area contributed by atoms with E-state index in [1.807, 2.05) is 13.8 Å². The van der Waals surface area contributed by atoms with Crippen LogP contribution < -0.4 is 4.74 Å². The van der Waals surface area contributed by atoms with Crippen LogP contribution in [-0.4, -0.2) is 18.2 Å². The molecule has 1 aliphatic rings. The normalized spacial score (nSPS) is 16.2. The molecular formula is C16H21FO3. The quantitative estimate of drug-likeness (QED) is 0.859. The van der Waals surface area contributed by atoms with Gasteiger partial charge in [-0.15, -0.1) is 0 Å². The minimum atomic E-state index is -0.820. The zero-order valence-electron chi connectivity index (χ0n) is 12.1. The summed E-state index contributed by atoms with van der Waals surface area (Å²) in [7, 11) is 1.50. The molecule has 1 unspecified atom stereocenters. The van der Waals surface area contributed by atoms with E-state index >= 15 is 0 Å². The first-order valence-corrected chi connectivity index (χ1v) is 7.03. The first-order chi connectivity index (χ1) is 9.43. The molecule has 20 heavy (non-hydrogen) atoms. The van der Waals surface area contributed by atoms with Crippen molar-refractivity contribution < 1.29 is 19.0 Å². The van der Waals surface area contributed by atoms with E-state index in [1.54, 1.807) is 6.07 Å². The summed E-state index contributed by atoms with van der Waals surface area (Å²) < 4.78 is 19.3. The minimum Gasteiger partial charge on any atom is -0.496 e. The number of hydrogen-bond donors (Lipinski definition) is 1. The van der Waals surface area contributed by atoms with Gasteiger partial charge in [0, 0.05) is 12.0 Å². The van der Waals surface area contributed by atoms with Crippen LogP contribution in [0, 0.1) is 11.7 Å². The third-order valence-electron chi connectivity index (χ3n) is 3.96. The Balaban J connectivity index is 2.45. The SMILES string of the molecule is COc1cc(F)c(C(C)C)cc1C(CC(=O)O)C1CC1. The van der Waals surface area contributed by atoms with Crippen LogP contribution in [0.4, 0.5) is 4.39 Å². The number of aliphatic carboxylic acids is 1. The molecule has 3 nitrogen and oxygen atoms in total. The number of rotatable bonds is 6. The summed E-state index contributed by atoms with van der Waals surface area (Å²) >= 11 is 0. The van der Waals surface area contributed by atoms with Crippen molar-refractivity contribution >= 4 is 5.97 Å². The molecule has 1 saturated carbocycles. The van der Waals surface area contributed by atoms with E-state index in [0.29, 0.717) is 17.2 Å². The second kappa shape index (κ2) is 5.81. The van der Waals surface area contributed by atoms with E-state index in [2.05, 4.69) is 0 Å². The van der Waals surface area contributed by atoms with Crippen LogP contribution in [0.1, 0.15) is 56.1 Å². The molecule has 4 heteroatoms. The van der Waals surface area contributed by atoms with Crippen LogP contribution in [0.5, 0.6) is 5.75 Å². The van der Waals surface area contributed by atoms with Gasteiger partial charge in [-0.2, -0.15) is 0 Å². The lowest BCUT2D eigenvalue weighted by Crippen LogP contribution is -2.11. The molecule has 0 saturated heterocycles. The molecule has 110 valence electrons. The maximum absolute atomic E-state index is 14.0. The predicted molar refractivity (Wildman–Crippen MR) is 74.8 cm³/mol. The van der Waals surface area contributed by atoms with Crippen molar-refractivity contribution in [2.24, 2.45) is 5.92 Å². The molecule has 1 atom stereocenters. The first kappa shape index (κ1) is 14.8. The van der Waals surface area contributed by atoms with E-state index in [1.165, 1.54) is 13.2 Å². The number of halogens is 1. The summed E-state index contributed by atoms with van der Waals surface area (Å²) in [6.45, 7) is 3.86. The van der Waals surface area contributed by atoms with Crippen molar-refractivity contribution in [1.29, 1.82) is 0 Å². The lowest BCUT2D eigenvalue weighted by Gasteiger charge is -2.20. The molecular weight excluding hydrogens is 259 g/mol. The van der Waals surface area contributed by atoms with Crippen LogP contribution in [0.15, 0.2) is 12.1 Å². The third kappa shape index (κ3) is 3.11. The smallest absolute Gasteiger partial charge is 0.303 e. The van der Waals surface area contributed by atoms with Gasteiger partial charge in [-0.05, 0) is 41.9 Å². The van der Waals surface area contributed by atoms with E-state index in [9.17, 15) is 9.18 Å². The predicted octanol–water partition coefficient (Wildman–Crippen LogP) is 3.93. The summed E-state index contributed by atoms with van der Waals surface area (Å²) in [6.07, 6.45) is 2.15. The highest BCUT2D eigenvalue weighted by Gasteiger charge is 2.36. The zero-order valence-corrected chi connectivity index (χ0v) is 12.1. The minimum absolute atomic E-state index is 0.0596. The van der Waals surface area contributed by atoms with Gasteiger partial charge in [0.15, 0.2) is 0 Å². The second-order valence-corrected chi connectivity index (χ2v) is 5.81. The van der Waals surface area contributed by atoms with E-state index in [-0.39, 0.29) is 24.1 Å². The summed E-state index contributed by atoms with van der Waals surface area (Å²) in [5.41, 5.74) is 1.46. The van der Waals surface area contributed by atoms with E-state index in [4.69, 9.17) is 9.84 Å². The molecule has 1 aromatic carbocycles. The molecule has 0 aromatic heterocycles. The molecule has 0 radical (unpaired) electrons. The number of carbonyl (C=O) groups is 1. The Bertz CT molecular complexity index is 507. The standard InChI is InChI=1S/C16H21FO3/c1-9(2)11-6-13(15(20-3)8-14(11)17)12(7-16(18)19)10-4-5-10/h6,8-10,12H,4-5,7H2,1-3H3,(H,18,19). The Morgan fingerprint density at radius 1 is 1.40 bits per heavy atom. The number of carboxylic acids is 1. The summed E-state index contributed by atoms with van der Waals surface area (Å²) in [5.74, 6) is -0.287. The molecule has 0 spiro atoms. The molecule has 0 aliphatic heterocycles. The van der Waals surface area contributed by atoms with E-state index in [0.717, 1.165) is 18.4 Å². The van der Waals surface area contributed by atoms with Crippen molar-refractivity contribution in [3.05, 3.63) is 29.1 Å². The van der Waals surface area contributed by atoms with Gasteiger partial charge in [0.1, 0.15) is 11.6 Å². The molecule has 1 fully saturated rings. The maximum atomic E-state index is 14.0. The van der Waals surface area contributed by atoms with Crippen molar-refractivity contribution in [1.82, 2.24) is 0 Å². The fraction of sp³-hybridized carbons (Fsp3) is 0.562. The van der Waals surface area contributed by atoms with Gasteiger partial charge in [0.2, 0.25) is 0 Å². The van der Waals surface area contributed by atoms with Gasteiger partial charge >= 0.3 is 5.97 Å². The highest BCUT2D eigenvalue weighted by atomic mass is 19.1. The summed E-state index contributed by atoms with van der Waals surface area (Å²) in [6, 6.07) is 3.19.